The molecule has 0 N–H and O–H groups in total. The zero-order valence-electron chi connectivity index (χ0n) is 18.0. The summed E-state index contributed by atoms with van der Waals surface area (Å²) in [4.78, 5) is 25.9. The number of ether oxygens (including phenoxy) is 2. The molecule has 0 aromatic heterocycles. The van der Waals surface area contributed by atoms with Crippen molar-refractivity contribution in [2.24, 2.45) is 0 Å². The molecule has 4 nitrogen and oxygen atoms in total. The van der Waals surface area contributed by atoms with Crippen LogP contribution >= 0.6 is 0 Å². The van der Waals surface area contributed by atoms with Gasteiger partial charge in [-0.05, 0) is 24.8 Å². The highest BCUT2D eigenvalue weighted by Crippen LogP contribution is 2.32. The molecule has 0 heterocycles. The zero-order chi connectivity index (χ0) is 22.1. The summed E-state index contributed by atoms with van der Waals surface area (Å²) in [6.45, 7) is 0. The van der Waals surface area contributed by atoms with E-state index in [2.05, 4.69) is 0 Å². The number of methoxy groups -OCH3 is 2. The molecule has 3 aromatic rings. The molecule has 160 valence electrons. The molecular weight excluding hydrogens is 388 g/mol. The van der Waals surface area contributed by atoms with Gasteiger partial charge in [-0.2, -0.15) is 0 Å². The Kier molecular flexibility index (Phi) is 7.88. The minimum absolute atomic E-state index is 0.145. The van der Waals surface area contributed by atoms with Gasteiger partial charge in [-0.25, -0.2) is 0 Å². The van der Waals surface area contributed by atoms with Crippen LogP contribution in [0.5, 0.6) is 0 Å². The number of carbonyl (C=O) groups excluding carboxylic acids is 2. The van der Waals surface area contributed by atoms with E-state index >= 15 is 0 Å². The SMILES string of the molecule is COC(OC)(C(=O)c1ccccc1CCCCC(=O)c1ccccc1)c1ccccc1. The molecule has 31 heavy (non-hydrogen) atoms. The summed E-state index contributed by atoms with van der Waals surface area (Å²) in [6.07, 6.45) is 2.75. The average molecular weight is 417 g/mol. The minimum Gasteiger partial charge on any atom is -0.343 e. The largest absolute Gasteiger partial charge is 0.343 e. The standard InChI is InChI=1S/C27H28O4/c1-30-27(31-2,23-17-7-4-8-18-23)26(29)24-19-11-9-13-21(24)14-10-12-20-25(28)22-15-5-3-6-16-22/h3-9,11,13,15-19H,10,12,14,20H2,1-2H3. The Labute approximate surface area is 183 Å². The third-order valence-corrected chi connectivity index (χ3v) is 5.49. The normalized spacial score (nSPS) is 11.3. The molecule has 0 aliphatic carbocycles. The summed E-state index contributed by atoms with van der Waals surface area (Å²) in [5, 5.41) is 0. The Bertz CT molecular complexity index is 992. The summed E-state index contributed by atoms with van der Waals surface area (Å²) < 4.78 is 11.3. The van der Waals surface area contributed by atoms with Gasteiger partial charge in [0.1, 0.15) is 0 Å². The number of rotatable bonds is 11. The second-order valence-corrected chi connectivity index (χ2v) is 7.37. The first-order valence-electron chi connectivity index (χ1n) is 10.5. The lowest BCUT2D eigenvalue weighted by molar-refractivity contribution is -0.176. The third kappa shape index (κ3) is 5.16. The predicted octanol–water partition coefficient (Wildman–Crippen LogP) is 5.61. The van der Waals surface area contributed by atoms with Crippen molar-refractivity contribution < 1.29 is 19.1 Å². The van der Waals surface area contributed by atoms with Crippen LogP contribution in [0.3, 0.4) is 0 Å². The van der Waals surface area contributed by atoms with Gasteiger partial charge in [-0.3, -0.25) is 9.59 Å². The van der Waals surface area contributed by atoms with E-state index in [1.165, 1.54) is 14.2 Å². The van der Waals surface area contributed by atoms with Crippen molar-refractivity contribution in [3.8, 4) is 0 Å². The van der Waals surface area contributed by atoms with Crippen LogP contribution < -0.4 is 0 Å². The van der Waals surface area contributed by atoms with Crippen molar-refractivity contribution >= 4 is 11.6 Å². The zero-order valence-corrected chi connectivity index (χ0v) is 18.0. The Morgan fingerprint density at radius 1 is 0.742 bits per heavy atom. The molecule has 0 spiro atoms. The summed E-state index contributed by atoms with van der Waals surface area (Å²) in [7, 11) is 2.96. The van der Waals surface area contributed by atoms with Crippen LogP contribution in [0.4, 0.5) is 0 Å². The Hall–Kier alpha value is -3.08. The van der Waals surface area contributed by atoms with Gasteiger partial charge in [0.2, 0.25) is 5.78 Å². The van der Waals surface area contributed by atoms with Crippen molar-refractivity contribution in [2.45, 2.75) is 31.5 Å². The van der Waals surface area contributed by atoms with Crippen LogP contribution in [-0.4, -0.2) is 25.8 Å². The highest BCUT2D eigenvalue weighted by molar-refractivity contribution is 6.03. The monoisotopic (exact) mass is 416 g/mol. The number of Topliss-reactive ketones (excluding diaryl/α,β-unsaturated/α-hetero) is 2. The van der Waals surface area contributed by atoms with Gasteiger partial charge in [-0.1, -0.05) is 84.9 Å². The second-order valence-electron chi connectivity index (χ2n) is 7.37. The third-order valence-electron chi connectivity index (χ3n) is 5.49. The number of ketones is 2. The van der Waals surface area contributed by atoms with E-state index in [1.54, 1.807) is 0 Å². The van der Waals surface area contributed by atoms with Crippen LogP contribution in [0.15, 0.2) is 84.9 Å². The molecule has 3 rings (SSSR count). The molecule has 0 radical (unpaired) electrons. The van der Waals surface area contributed by atoms with E-state index in [4.69, 9.17) is 9.47 Å². The van der Waals surface area contributed by atoms with E-state index in [0.717, 1.165) is 24.0 Å². The molecule has 0 amide bonds. The summed E-state index contributed by atoms with van der Waals surface area (Å²) in [6, 6.07) is 26.1. The Balaban J connectivity index is 1.72. The lowest BCUT2D eigenvalue weighted by atomic mass is 9.91. The molecule has 0 atom stereocenters. The molecule has 3 aromatic carbocycles. The maximum atomic E-state index is 13.6. The van der Waals surface area contributed by atoms with Crippen LogP contribution in [0.1, 0.15) is 51.1 Å². The summed E-state index contributed by atoms with van der Waals surface area (Å²) in [5.41, 5.74) is 2.89. The fourth-order valence-electron chi connectivity index (χ4n) is 3.80. The highest BCUT2D eigenvalue weighted by Gasteiger charge is 2.42. The van der Waals surface area contributed by atoms with Crippen molar-refractivity contribution in [3.05, 3.63) is 107 Å². The fourth-order valence-corrected chi connectivity index (χ4v) is 3.80. The maximum Gasteiger partial charge on any atom is 0.260 e. The molecule has 0 fully saturated rings. The van der Waals surface area contributed by atoms with Crippen LogP contribution in [0, 0.1) is 0 Å². The summed E-state index contributed by atoms with van der Waals surface area (Å²) >= 11 is 0. The smallest absolute Gasteiger partial charge is 0.260 e. The molecular formula is C27H28O4. The highest BCUT2D eigenvalue weighted by atomic mass is 16.7. The lowest BCUT2D eigenvalue weighted by Crippen LogP contribution is -2.40. The molecule has 0 aliphatic heterocycles. The molecule has 0 saturated carbocycles. The van der Waals surface area contributed by atoms with Gasteiger partial charge in [0, 0.05) is 37.3 Å². The van der Waals surface area contributed by atoms with E-state index in [1.807, 2.05) is 84.9 Å². The van der Waals surface area contributed by atoms with Crippen molar-refractivity contribution in [1.82, 2.24) is 0 Å². The van der Waals surface area contributed by atoms with Gasteiger partial charge in [0.25, 0.3) is 5.79 Å². The van der Waals surface area contributed by atoms with Crippen molar-refractivity contribution in [2.75, 3.05) is 14.2 Å². The lowest BCUT2D eigenvalue weighted by Gasteiger charge is -2.30. The van der Waals surface area contributed by atoms with E-state index in [-0.39, 0.29) is 11.6 Å². The fraction of sp³-hybridized carbons (Fsp3) is 0.259. The molecule has 0 saturated heterocycles. The van der Waals surface area contributed by atoms with E-state index in [9.17, 15) is 9.59 Å². The molecule has 0 unspecified atom stereocenters. The molecule has 0 bridgehead atoms. The number of aryl methyl sites for hydroxylation is 1. The van der Waals surface area contributed by atoms with E-state index < -0.39 is 5.79 Å². The van der Waals surface area contributed by atoms with Crippen LogP contribution in [0.25, 0.3) is 0 Å². The first kappa shape index (κ1) is 22.6. The van der Waals surface area contributed by atoms with Gasteiger partial charge < -0.3 is 9.47 Å². The first-order valence-corrected chi connectivity index (χ1v) is 10.5. The van der Waals surface area contributed by atoms with Crippen LogP contribution in [0.2, 0.25) is 0 Å². The van der Waals surface area contributed by atoms with Gasteiger partial charge in [0.05, 0.1) is 0 Å². The number of carbonyl (C=O) groups is 2. The first-order chi connectivity index (χ1) is 15.1. The van der Waals surface area contributed by atoms with E-state index in [0.29, 0.717) is 24.0 Å². The maximum absolute atomic E-state index is 13.6. The number of hydrogen-bond acceptors (Lipinski definition) is 4. The Morgan fingerprint density at radius 2 is 1.32 bits per heavy atom. The van der Waals surface area contributed by atoms with Gasteiger partial charge in [-0.15, -0.1) is 0 Å². The average Bonchev–Trinajstić information content (AvgIpc) is 2.84. The minimum atomic E-state index is -1.50. The van der Waals surface area contributed by atoms with Crippen LogP contribution in [-0.2, 0) is 21.7 Å². The van der Waals surface area contributed by atoms with Crippen molar-refractivity contribution in [1.29, 1.82) is 0 Å². The summed E-state index contributed by atoms with van der Waals surface area (Å²) in [5.74, 6) is -1.59. The molecule has 4 heteroatoms. The molecule has 0 aliphatic rings. The second kappa shape index (κ2) is 10.8. The van der Waals surface area contributed by atoms with Crippen molar-refractivity contribution in [3.63, 3.8) is 0 Å². The number of hydrogen-bond donors (Lipinski definition) is 0. The topological polar surface area (TPSA) is 52.6 Å². The quantitative estimate of drug-likeness (QED) is 0.232. The number of unbranched alkanes of at least 4 members (excludes halogenated alkanes) is 1. The predicted molar refractivity (Wildman–Crippen MR) is 121 cm³/mol. The Morgan fingerprint density at radius 3 is 1.97 bits per heavy atom. The van der Waals surface area contributed by atoms with Gasteiger partial charge >= 0.3 is 0 Å². The number of benzene rings is 3. The van der Waals surface area contributed by atoms with Gasteiger partial charge in [0.15, 0.2) is 5.78 Å².